The van der Waals surface area contributed by atoms with E-state index in [1.165, 1.54) is 0 Å². The van der Waals surface area contributed by atoms with E-state index in [1.807, 2.05) is 0 Å². The molecule has 1 N–H and O–H groups in total. The van der Waals surface area contributed by atoms with Crippen molar-refractivity contribution < 1.29 is 4.74 Å². The summed E-state index contributed by atoms with van der Waals surface area (Å²) in [4.78, 5) is 8.35. The van der Waals surface area contributed by atoms with E-state index in [0.717, 1.165) is 17.4 Å². The molecule has 5 heteroatoms. The molecule has 1 fully saturated rings. The summed E-state index contributed by atoms with van der Waals surface area (Å²) < 4.78 is 6.67. The summed E-state index contributed by atoms with van der Waals surface area (Å²) in [7, 11) is 0. The summed E-state index contributed by atoms with van der Waals surface area (Å²) in [6, 6.07) is 0. The fourth-order valence-electron chi connectivity index (χ4n) is 2.84. The molecule has 2 rings (SSSR count). The van der Waals surface area contributed by atoms with Gasteiger partial charge in [0.15, 0.2) is 0 Å². The Balaban J connectivity index is 2.07. The van der Waals surface area contributed by atoms with Crippen molar-refractivity contribution in [3.05, 3.63) is 17.0 Å². The van der Waals surface area contributed by atoms with Crippen molar-refractivity contribution in [3.63, 3.8) is 0 Å². The lowest BCUT2D eigenvalue weighted by atomic mass is 9.81. The van der Waals surface area contributed by atoms with Gasteiger partial charge < -0.3 is 10.1 Å². The molecule has 0 unspecified atom stereocenters. The summed E-state index contributed by atoms with van der Waals surface area (Å²) in [6.45, 7) is 8.82. The molecule has 1 aromatic rings. The first-order valence-corrected chi connectivity index (χ1v) is 6.99. The third kappa shape index (κ3) is 3.65. The number of aromatic nitrogens is 2. The van der Waals surface area contributed by atoms with Crippen molar-refractivity contribution in [2.75, 3.05) is 0 Å². The number of ether oxygens (including phenoxy) is 1. The molecule has 0 amide bonds. The van der Waals surface area contributed by atoms with Gasteiger partial charge in [-0.25, -0.2) is 9.97 Å². The van der Waals surface area contributed by atoms with Gasteiger partial charge in [0, 0.05) is 23.9 Å². The van der Waals surface area contributed by atoms with E-state index in [0.29, 0.717) is 5.88 Å². The maximum absolute atomic E-state index is 5.95. The first kappa shape index (κ1) is 13.7. The van der Waals surface area contributed by atoms with Crippen LogP contribution in [0.15, 0.2) is 17.0 Å². The van der Waals surface area contributed by atoms with Gasteiger partial charge in [0.25, 0.3) is 0 Å². The second kappa shape index (κ2) is 4.78. The maximum atomic E-state index is 5.95. The second-order valence-electron chi connectivity index (χ2n) is 6.22. The lowest BCUT2D eigenvalue weighted by molar-refractivity contribution is 0.0527. The molecule has 0 bridgehead atoms. The fourth-order valence-corrected chi connectivity index (χ4v) is 3.05. The minimum Gasteiger partial charge on any atom is -0.473 e. The van der Waals surface area contributed by atoms with E-state index >= 15 is 0 Å². The predicted molar refractivity (Wildman–Crippen MR) is 74.7 cm³/mol. The molecule has 0 spiro atoms. The molecular weight excluding hydrogens is 294 g/mol. The molecular formula is C13H20BrN3O. The number of rotatable bonds is 2. The van der Waals surface area contributed by atoms with E-state index in [-0.39, 0.29) is 17.2 Å². The van der Waals surface area contributed by atoms with Crippen LogP contribution in [0.1, 0.15) is 40.5 Å². The van der Waals surface area contributed by atoms with E-state index in [1.54, 1.807) is 12.4 Å². The monoisotopic (exact) mass is 313 g/mol. The zero-order chi connectivity index (χ0) is 13.4. The summed E-state index contributed by atoms with van der Waals surface area (Å²) >= 11 is 3.27. The first-order valence-electron chi connectivity index (χ1n) is 6.19. The second-order valence-corrected chi connectivity index (χ2v) is 7.03. The Labute approximate surface area is 117 Å². The topological polar surface area (TPSA) is 47.0 Å². The fraction of sp³-hybridized carbons (Fsp3) is 0.692. The van der Waals surface area contributed by atoms with Crippen molar-refractivity contribution in [1.82, 2.24) is 15.3 Å². The van der Waals surface area contributed by atoms with Crippen LogP contribution in [0.25, 0.3) is 0 Å². The van der Waals surface area contributed by atoms with Crippen molar-refractivity contribution in [3.8, 4) is 5.88 Å². The Morgan fingerprint density at radius 1 is 1.17 bits per heavy atom. The van der Waals surface area contributed by atoms with Crippen molar-refractivity contribution in [2.45, 2.75) is 57.7 Å². The van der Waals surface area contributed by atoms with Gasteiger partial charge in [0.05, 0.1) is 12.4 Å². The van der Waals surface area contributed by atoms with Crippen LogP contribution in [0.4, 0.5) is 0 Å². The van der Waals surface area contributed by atoms with Crippen molar-refractivity contribution in [2.24, 2.45) is 0 Å². The molecule has 1 aliphatic heterocycles. The average molecular weight is 314 g/mol. The standard InChI is InChI=1S/C13H20BrN3O/c1-12(2)5-9(6-13(3,4)17-12)18-11-8-15-10(14)7-16-11/h7-9,17H,5-6H2,1-4H3. The minimum absolute atomic E-state index is 0.0786. The van der Waals surface area contributed by atoms with Crippen LogP contribution in [0, 0.1) is 0 Å². The van der Waals surface area contributed by atoms with Gasteiger partial charge >= 0.3 is 0 Å². The van der Waals surface area contributed by atoms with Crippen molar-refractivity contribution in [1.29, 1.82) is 0 Å². The number of nitrogens with one attached hydrogen (secondary N) is 1. The van der Waals surface area contributed by atoms with Crippen LogP contribution in [0.5, 0.6) is 5.88 Å². The van der Waals surface area contributed by atoms with Gasteiger partial charge in [-0.15, -0.1) is 0 Å². The smallest absolute Gasteiger partial charge is 0.232 e. The highest BCUT2D eigenvalue weighted by atomic mass is 79.9. The van der Waals surface area contributed by atoms with Crippen LogP contribution in [0.2, 0.25) is 0 Å². The summed E-state index contributed by atoms with van der Waals surface area (Å²) in [6.07, 6.45) is 5.42. The van der Waals surface area contributed by atoms with E-state index in [9.17, 15) is 0 Å². The first-order chi connectivity index (χ1) is 8.26. The summed E-state index contributed by atoms with van der Waals surface area (Å²) in [5.41, 5.74) is 0.157. The minimum atomic E-state index is 0.0786. The summed E-state index contributed by atoms with van der Waals surface area (Å²) in [5, 5.41) is 3.63. The van der Waals surface area contributed by atoms with Gasteiger partial charge in [0.1, 0.15) is 10.7 Å². The zero-order valence-electron chi connectivity index (χ0n) is 11.3. The number of nitrogens with zero attached hydrogens (tertiary/aromatic N) is 2. The lowest BCUT2D eigenvalue weighted by Gasteiger charge is -2.46. The molecule has 0 radical (unpaired) electrons. The normalized spacial score (nSPS) is 22.7. The molecule has 100 valence electrons. The van der Waals surface area contributed by atoms with Crippen molar-refractivity contribution >= 4 is 15.9 Å². The average Bonchev–Trinajstić information content (AvgIpc) is 2.16. The van der Waals surface area contributed by atoms with Gasteiger partial charge in [-0.05, 0) is 43.6 Å². The van der Waals surface area contributed by atoms with Gasteiger partial charge in [-0.3, -0.25) is 0 Å². The van der Waals surface area contributed by atoms with Crippen LogP contribution in [0.3, 0.4) is 0 Å². The highest BCUT2D eigenvalue weighted by molar-refractivity contribution is 9.10. The highest BCUT2D eigenvalue weighted by Gasteiger charge is 2.38. The molecule has 1 saturated heterocycles. The Morgan fingerprint density at radius 2 is 1.78 bits per heavy atom. The summed E-state index contributed by atoms with van der Waals surface area (Å²) in [5.74, 6) is 0.594. The molecule has 18 heavy (non-hydrogen) atoms. The largest absolute Gasteiger partial charge is 0.473 e. The Hall–Kier alpha value is -0.680. The Bertz CT molecular complexity index is 401. The third-order valence-corrected chi connectivity index (χ3v) is 3.45. The Kier molecular flexibility index (Phi) is 3.65. The molecule has 2 heterocycles. The number of halogens is 1. The molecule has 4 nitrogen and oxygen atoms in total. The van der Waals surface area contributed by atoms with E-state index < -0.39 is 0 Å². The van der Waals surface area contributed by atoms with Crippen LogP contribution < -0.4 is 10.1 Å². The van der Waals surface area contributed by atoms with Crippen LogP contribution in [-0.2, 0) is 0 Å². The Morgan fingerprint density at radius 3 is 2.28 bits per heavy atom. The van der Waals surface area contributed by atoms with Crippen LogP contribution in [-0.4, -0.2) is 27.1 Å². The zero-order valence-corrected chi connectivity index (χ0v) is 12.9. The molecule has 0 saturated carbocycles. The van der Waals surface area contributed by atoms with E-state index in [4.69, 9.17) is 4.74 Å². The number of piperidine rings is 1. The third-order valence-electron chi connectivity index (χ3n) is 3.04. The van der Waals surface area contributed by atoms with Gasteiger partial charge in [0.2, 0.25) is 5.88 Å². The molecule has 1 aromatic heterocycles. The maximum Gasteiger partial charge on any atom is 0.232 e. The highest BCUT2D eigenvalue weighted by Crippen LogP contribution is 2.30. The van der Waals surface area contributed by atoms with Crippen LogP contribution >= 0.6 is 15.9 Å². The lowest BCUT2D eigenvalue weighted by Crippen LogP contribution is -2.60. The number of hydrogen-bond donors (Lipinski definition) is 1. The molecule has 0 aliphatic carbocycles. The molecule has 1 aliphatic rings. The predicted octanol–water partition coefficient (Wildman–Crippen LogP) is 2.93. The SMILES string of the molecule is CC1(C)CC(Oc2cnc(Br)cn2)CC(C)(C)N1. The number of hydrogen-bond acceptors (Lipinski definition) is 4. The quantitative estimate of drug-likeness (QED) is 0.912. The van der Waals surface area contributed by atoms with E-state index in [2.05, 4.69) is 58.9 Å². The molecule has 0 atom stereocenters. The van der Waals surface area contributed by atoms with Gasteiger partial charge in [-0.1, -0.05) is 0 Å². The van der Waals surface area contributed by atoms with Gasteiger partial charge in [-0.2, -0.15) is 0 Å². The molecule has 0 aromatic carbocycles.